The first-order valence-corrected chi connectivity index (χ1v) is 12.7. The van der Waals surface area contributed by atoms with Gasteiger partial charge >= 0.3 is 0 Å². The van der Waals surface area contributed by atoms with E-state index in [-0.39, 0.29) is 29.8 Å². The summed E-state index contributed by atoms with van der Waals surface area (Å²) in [5.41, 5.74) is -0.549. The number of nitrogens with one attached hydrogen (secondary N) is 2. The first-order chi connectivity index (χ1) is 16.8. The number of carbonyl (C=O) groups is 3. The first-order valence-electron chi connectivity index (χ1n) is 12.7. The Morgan fingerprint density at radius 1 is 1.20 bits per heavy atom. The number of hydrogen-bond acceptors (Lipinski definition) is 5. The highest BCUT2D eigenvalue weighted by Crippen LogP contribution is 2.55. The van der Waals surface area contributed by atoms with Crippen molar-refractivity contribution in [2.24, 2.45) is 17.8 Å². The van der Waals surface area contributed by atoms with Crippen LogP contribution in [0.5, 0.6) is 5.75 Å². The largest absolute Gasteiger partial charge is 0.497 e. The fourth-order valence-corrected chi connectivity index (χ4v) is 6.48. The molecule has 8 nitrogen and oxygen atoms in total. The van der Waals surface area contributed by atoms with Gasteiger partial charge in [0.05, 0.1) is 25.0 Å². The van der Waals surface area contributed by atoms with Gasteiger partial charge in [-0.25, -0.2) is 0 Å². The number of rotatable bonds is 6. The molecule has 2 N–H and O–H groups in total. The summed E-state index contributed by atoms with van der Waals surface area (Å²) in [6.07, 6.45) is 7.44. The molecule has 7 atom stereocenters. The number of likely N-dealkylation sites (tertiary alicyclic amines) is 1. The Morgan fingerprint density at radius 3 is 2.69 bits per heavy atom. The second-order valence-electron chi connectivity index (χ2n) is 10.6. The zero-order chi connectivity index (χ0) is 24.9. The van der Waals surface area contributed by atoms with E-state index in [1.807, 2.05) is 26.0 Å². The SMILES string of the molecule is COc1cccc(NC(=O)[C@H]2[C@H]3C=C[C@@]4(O3)[C@H]2C(=O)N(C(C)C)[C@@H]4C(=O)N[C@H]2CCCC[C@@H]2C)c1. The van der Waals surface area contributed by atoms with Gasteiger partial charge in [0.15, 0.2) is 0 Å². The van der Waals surface area contributed by atoms with Crippen molar-refractivity contribution < 1.29 is 23.9 Å². The maximum Gasteiger partial charge on any atom is 0.246 e. The summed E-state index contributed by atoms with van der Waals surface area (Å²) in [6, 6.07) is 6.18. The standard InChI is InChI=1S/C27H35N3O5/c1-15(2)30-23(25(32)29-19-11-6-5-8-16(19)3)27-13-12-20(35-27)21(22(27)26(30)33)24(31)28-17-9-7-10-18(14-17)34-4/h7,9-10,12-16,19-23H,5-6,8,11H2,1-4H3,(H,28,31)(H,29,32)/t16-,19-,20+,21-,22+,23+,27+/m0/s1. The lowest BCUT2D eigenvalue weighted by atomic mass is 9.74. The lowest BCUT2D eigenvalue weighted by Crippen LogP contribution is -2.58. The van der Waals surface area contributed by atoms with Gasteiger partial charge in [0.1, 0.15) is 17.4 Å². The first kappa shape index (κ1) is 23.9. The summed E-state index contributed by atoms with van der Waals surface area (Å²) >= 11 is 0. The Hall–Kier alpha value is -2.87. The van der Waals surface area contributed by atoms with Gasteiger partial charge < -0.3 is 25.0 Å². The number of nitrogens with zero attached hydrogens (tertiary/aromatic N) is 1. The fraction of sp³-hybridized carbons (Fsp3) is 0.593. The topological polar surface area (TPSA) is 97.0 Å². The molecule has 35 heavy (non-hydrogen) atoms. The van der Waals surface area contributed by atoms with Crippen molar-refractivity contribution in [3.05, 3.63) is 36.4 Å². The van der Waals surface area contributed by atoms with Crippen LogP contribution >= 0.6 is 0 Å². The Labute approximate surface area is 206 Å². The van der Waals surface area contributed by atoms with Crippen molar-refractivity contribution in [1.29, 1.82) is 0 Å². The highest BCUT2D eigenvalue weighted by molar-refractivity contribution is 6.03. The number of carbonyl (C=O) groups excluding carboxylic acids is 3. The van der Waals surface area contributed by atoms with Gasteiger partial charge in [-0.1, -0.05) is 38.0 Å². The molecule has 1 aromatic rings. The lowest BCUT2D eigenvalue weighted by molar-refractivity contribution is -0.143. The maximum atomic E-state index is 13.8. The summed E-state index contributed by atoms with van der Waals surface area (Å²) < 4.78 is 11.6. The monoisotopic (exact) mass is 481 g/mol. The molecule has 1 spiro atoms. The van der Waals surface area contributed by atoms with Gasteiger partial charge in [-0.3, -0.25) is 14.4 Å². The Morgan fingerprint density at radius 2 is 1.97 bits per heavy atom. The minimum atomic E-state index is -1.13. The highest BCUT2D eigenvalue weighted by Gasteiger charge is 2.73. The van der Waals surface area contributed by atoms with Crippen LogP contribution in [0.2, 0.25) is 0 Å². The Kier molecular flexibility index (Phi) is 6.11. The van der Waals surface area contributed by atoms with Crippen molar-refractivity contribution in [1.82, 2.24) is 10.2 Å². The normalized spacial score (nSPS) is 35.3. The zero-order valence-corrected chi connectivity index (χ0v) is 20.8. The van der Waals surface area contributed by atoms with Gasteiger partial charge in [-0.2, -0.15) is 0 Å². The van der Waals surface area contributed by atoms with Crippen LogP contribution in [-0.4, -0.2) is 59.6 Å². The molecule has 4 aliphatic rings. The number of ether oxygens (including phenoxy) is 2. The zero-order valence-electron chi connectivity index (χ0n) is 20.8. The summed E-state index contributed by atoms with van der Waals surface area (Å²) in [5.74, 6) is -1.12. The molecule has 0 radical (unpaired) electrons. The maximum absolute atomic E-state index is 13.8. The molecule has 188 valence electrons. The van der Waals surface area contributed by atoms with Crippen LogP contribution in [0, 0.1) is 17.8 Å². The number of anilines is 1. The van der Waals surface area contributed by atoms with Gasteiger partial charge in [-0.15, -0.1) is 0 Å². The second-order valence-corrected chi connectivity index (χ2v) is 10.6. The predicted octanol–water partition coefficient (Wildman–Crippen LogP) is 2.89. The molecule has 2 bridgehead atoms. The van der Waals surface area contributed by atoms with E-state index < -0.39 is 29.6 Å². The molecule has 1 aliphatic carbocycles. The number of fused-ring (bicyclic) bond motifs is 1. The molecule has 3 fully saturated rings. The van der Waals surface area contributed by atoms with E-state index >= 15 is 0 Å². The minimum absolute atomic E-state index is 0.0885. The third kappa shape index (κ3) is 3.82. The number of benzene rings is 1. The van der Waals surface area contributed by atoms with Gasteiger partial charge in [-0.05, 0) is 44.7 Å². The highest BCUT2D eigenvalue weighted by atomic mass is 16.5. The number of amides is 3. The molecule has 8 heteroatoms. The summed E-state index contributed by atoms with van der Waals surface area (Å²) in [5, 5.41) is 6.17. The van der Waals surface area contributed by atoms with E-state index in [0.717, 1.165) is 19.3 Å². The molecule has 3 aliphatic heterocycles. The van der Waals surface area contributed by atoms with Crippen LogP contribution in [0.3, 0.4) is 0 Å². The molecule has 1 saturated carbocycles. The molecule has 3 amide bonds. The van der Waals surface area contributed by atoms with Crippen molar-refractivity contribution in [3.8, 4) is 5.75 Å². The number of hydrogen-bond donors (Lipinski definition) is 2. The van der Waals surface area contributed by atoms with E-state index in [0.29, 0.717) is 17.4 Å². The van der Waals surface area contributed by atoms with E-state index in [1.165, 1.54) is 6.42 Å². The molecule has 2 saturated heterocycles. The van der Waals surface area contributed by atoms with Crippen molar-refractivity contribution in [3.63, 3.8) is 0 Å². The Balaban J connectivity index is 1.43. The van der Waals surface area contributed by atoms with Crippen LogP contribution in [0.4, 0.5) is 5.69 Å². The molecular formula is C27H35N3O5. The van der Waals surface area contributed by atoms with Crippen LogP contribution < -0.4 is 15.4 Å². The van der Waals surface area contributed by atoms with Crippen LogP contribution in [0.25, 0.3) is 0 Å². The number of methoxy groups -OCH3 is 1. The predicted molar refractivity (Wildman–Crippen MR) is 131 cm³/mol. The fourth-order valence-electron chi connectivity index (χ4n) is 6.48. The van der Waals surface area contributed by atoms with Crippen LogP contribution in [0.15, 0.2) is 36.4 Å². The van der Waals surface area contributed by atoms with E-state index in [2.05, 4.69) is 17.6 Å². The summed E-state index contributed by atoms with van der Waals surface area (Å²) in [4.78, 5) is 42.6. The third-order valence-corrected chi connectivity index (χ3v) is 8.20. The van der Waals surface area contributed by atoms with Crippen molar-refractivity contribution >= 4 is 23.4 Å². The van der Waals surface area contributed by atoms with Crippen LogP contribution in [0.1, 0.15) is 46.5 Å². The average Bonchev–Trinajstić information content (AvgIpc) is 3.48. The van der Waals surface area contributed by atoms with E-state index in [1.54, 1.807) is 36.3 Å². The second kappa shape index (κ2) is 8.97. The van der Waals surface area contributed by atoms with Crippen LogP contribution in [-0.2, 0) is 19.1 Å². The van der Waals surface area contributed by atoms with E-state index in [4.69, 9.17) is 9.47 Å². The molecule has 0 unspecified atom stereocenters. The molecular weight excluding hydrogens is 446 g/mol. The minimum Gasteiger partial charge on any atom is -0.497 e. The smallest absolute Gasteiger partial charge is 0.246 e. The third-order valence-electron chi connectivity index (χ3n) is 8.20. The molecule has 1 aromatic carbocycles. The summed E-state index contributed by atoms with van der Waals surface area (Å²) in [6.45, 7) is 5.98. The quantitative estimate of drug-likeness (QED) is 0.609. The lowest BCUT2D eigenvalue weighted by Gasteiger charge is -2.37. The molecule has 0 aromatic heterocycles. The summed E-state index contributed by atoms with van der Waals surface area (Å²) in [7, 11) is 1.57. The van der Waals surface area contributed by atoms with E-state index in [9.17, 15) is 14.4 Å². The average molecular weight is 482 g/mol. The van der Waals surface area contributed by atoms with Crippen molar-refractivity contribution in [2.75, 3.05) is 12.4 Å². The van der Waals surface area contributed by atoms with Gasteiger partial charge in [0.2, 0.25) is 17.7 Å². The van der Waals surface area contributed by atoms with Crippen molar-refractivity contribution in [2.45, 2.75) is 76.3 Å². The Bertz CT molecular complexity index is 1060. The van der Waals surface area contributed by atoms with Gasteiger partial charge in [0.25, 0.3) is 0 Å². The molecule has 5 rings (SSSR count). The molecule has 3 heterocycles. The van der Waals surface area contributed by atoms with Gasteiger partial charge in [0, 0.05) is 23.8 Å².